The Labute approximate surface area is 129 Å². The summed E-state index contributed by atoms with van der Waals surface area (Å²) in [7, 11) is 3.39. The number of ether oxygens (including phenoxy) is 1. The Morgan fingerprint density at radius 1 is 1.45 bits per heavy atom. The summed E-state index contributed by atoms with van der Waals surface area (Å²) in [5, 5.41) is 0. The van der Waals surface area contributed by atoms with Gasteiger partial charge in [-0.05, 0) is 30.5 Å². The number of likely N-dealkylation sites (N-methyl/N-ethyl adjacent to an activating group) is 1. The lowest BCUT2D eigenvalue weighted by Crippen LogP contribution is -2.42. The number of carbonyl (C=O) groups excluding carboxylic acids is 1. The third-order valence-electron chi connectivity index (χ3n) is 3.07. The predicted molar refractivity (Wildman–Crippen MR) is 84.6 cm³/mol. The van der Waals surface area contributed by atoms with Crippen LogP contribution in [0.1, 0.15) is 25.8 Å². The number of carbonyl (C=O) groups is 1. The second-order valence-corrected chi connectivity index (χ2v) is 6.30. The molecule has 0 unspecified atom stereocenters. The molecule has 112 valence electrons. The number of rotatable bonds is 6. The molecule has 20 heavy (non-hydrogen) atoms. The van der Waals surface area contributed by atoms with Crippen molar-refractivity contribution in [2.45, 2.75) is 32.9 Å². The van der Waals surface area contributed by atoms with Crippen molar-refractivity contribution >= 4 is 21.8 Å². The minimum Gasteiger partial charge on any atom is -0.496 e. The quantitative estimate of drug-likeness (QED) is 0.864. The first-order valence-corrected chi connectivity index (χ1v) is 7.47. The van der Waals surface area contributed by atoms with Crippen molar-refractivity contribution < 1.29 is 9.53 Å². The van der Waals surface area contributed by atoms with Crippen LogP contribution < -0.4 is 10.5 Å². The molecule has 0 aliphatic rings. The van der Waals surface area contributed by atoms with E-state index in [9.17, 15) is 4.79 Å². The lowest BCUT2D eigenvalue weighted by Gasteiger charge is -2.23. The summed E-state index contributed by atoms with van der Waals surface area (Å²) in [5.41, 5.74) is 6.89. The van der Waals surface area contributed by atoms with Gasteiger partial charge in [-0.25, -0.2) is 0 Å². The molecular weight excluding hydrogens is 320 g/mol. The maximum Gasteiger partial charge on any atom is 0.239 e. The highest BCUT2D eigenvalue weighted by atomic mass is 79.9. The van der Waals surface area contributed by atoms with Crippen molar-refractivity contribution in [2.75, 3.05) is 14.2 Å². The third-order valence-corrected chi connectivity index (χ3v) is 3.56. The molecule has 0 aliphatic heterocycles. The molecule has 5 heteroatoms. The summed E-state index contributed by atoms with van der Waals surface area (Å²) >= 11 is 3.43. The van der Waals surface area contributed by atoms with Gasteiger partial charge in [-0.15, -0.1) is 0 Å². The molecule has 0 saturated heterocycles. The molecule has 0 radical (unpaired) electrons. The van der Waals surface area contributed by atoms with Crippen LogP contribution >= 0.6 is 15.9 Å². The van der Waals surface area contributed by atoms with E-state index in [-0.39, 0.29) is 5.91 Å². The summed E-state index contributed by atoms with van der Waals surface area (Å²) in [4.78, 5) is 13.9. The fourth-order valence-electron chi connectivity index (χ4n) is 2.10. The van der Waals surface area contributed by atoms with Gasteiger partial charge in [-0.2, -0.15) is 0 Å². The topological polar surface area (TPSA) is 55.6 Å². The summed E-state index contributed by atoms with van der Waals surface area (Å²) in [6, 6.07) is 5.30. The van der Waals surface area contributed by atoms with Crippen LogP contribution in [0.2, 0.25) is 0 Å². The number of amides is 1. The number of hydrogen-bond donors (Lipinski definition) is 1. The highest BCUT2D eigenvalue weighted by Gasteiger charge is 2.20. The average Bonchev–Trinajstić information content (AvgIpc) is 2.37. The van der Waals surface area contributed by atoms with Crippen molar-refractivity contribution in [1.29, 1.82) is 0 Å². The average molecular weight is 343 g/mol. The van der Waals surface area contributed by atoms with E-state index < -0.39 is 6.04 Å². The van der Waals surface area contributed by atoms with Crippen LogP contribution in [0.5, 0.6) is 5.75 Å². The lowest BCUT2D eigenvalue weighted by molar-refractivity contribution is -0.132. The maximum absolute atomic E-state index is 12.2. The second-order valence-electron chi connectivity index (χ2n) is 5.39. The van der Waals surface area contributed by atoms with E-state index >= 15 is 0 Å². The Balaban J connectivity index is 2.77. The SMILES string of the molecule is COc1ccc(Br)cc1CN(C)C(=O)[C@@H](N)CC(C)C. The molecule has 2 N–H and O–H groups in total. The predicted octanol–water partition coefficient (Wildman–Crippen LogP) is 2.79. The number of methoxy groups -OCH3 is 1. The molecule has 1 rings (SSSR count). The first kappa shape index (κ1) is 17.0. The maximum atomic E-state index is 12.2. The smallest absolute Gasteiger partial charge is 0.239 e. The van der Waals surface area contributed by atoms with Gasteiger partial charge in [-0.3, -0.25) is 4.79 Å². The minimum absolute atomic E-state index is 0.0410. The molecule has 0 spiro atoms. The summed E-state index contributed by atoms with van der Waals surface area (Å²) in [6.07, 6.45) is 0.693. The summed E-state index contributed by atoms with van der Waals surface area (Å²) in [5.74, 6) is 1.13. The number of halogens is 1. The van der Waals surface area contributed by atoms with Gasteiger partial charge in [0.15, 0.2) is 0 Å². The van der Waals surface area contributed by atoms with Gasteiger partial charge in [0.1, 0.15) is 5.75 Å². The highest BCUT2D eigenvalue weighted by molar-refractivity contribution is 9.10. The molecule has 1 atom stereocenters. The minimum atomic E-state index is -0.446. The van der Waals surface area contributed by atoms with Gasteiger partial charge >= 0.3 is 0 Å². The molecule has 0 aromatic heterocycles. The molecule has 0 bridgehead atoms. The van der Waals surface area contributed by atoms with E-state index in [0.717, 1.165) is 15.8 Å². The van der Waals surface area contributed by atoms with E-state index in [1.165, 1.54) is 0 Å². The van der Waals surface area contributed by atoms with Crippen LogP contribution in [0.4, 0.5) is 0 Å². The molecule has 4 nitrogen and oxygen atoms in total. The standard InChI is InChI=1S/C15H23BrN2O2/c1-10(2)7-13(17)15(19)18(3)9-11-8-12(16)5-6-14(11)20-4/h5-6,8,10,13H,7,9,17H2,1-4H3/t13-/m0/s1. The first-order chi connectivity index (χ1) is 9.35. The van der Waals surface area contributed by atoms with Crippen molar-refractivity contribution in [3.8, 4) is 5.75 Å². The monoisotopic (exact) mass is 342 g/mol. The fraction of sp³-hybridized carbons (Fsp3) is 0.533. The zero-order chi connectivity index (χ0) is 15.3. The van der Waals surface area contributed by atoms with E-state index in [2.05, 4.69) is 29.8 Å². The van der Waals surface area contributed by atoms with E-state index in [1.54, 1.807) is 19.1 Å². The Morgan fingerprint density at radius 2 is 2.10 bits per heavy atom. The Bertz CT molecular complexity index is 463. The summed E-state index contributed by atoms with van der Waals surface area (Å²) < 4.78 is 6.27. The van der Waals surface area contributed by atoms with Gasteiger partial charge in [0.05, 0.1) is 13.2 Å². The van der Waals surface area contributed by atoms with Crippen molar-refractivity contribution in [3.05, 3.63) is 28.2 Å². The summed E-state index contributed by atoms with van der Waals surface area (Å²) in [6.45, 7) is 4.60. The number of nitrogens with zero attached hydrogens (tertiary/aromatic N) is 1. The second kappa shape index (κ2) is 7.64. The van der Waals surface area contributed by atoms with Crippen molar-refractivity contribution in [1.82, 2.24) is 4.90 Å². The van der Waals surface area contributed by atoms with E-state index in [4.69, 9.17) is 10.5 Å². The third kappa shape index (κ3) is 4.80. The fourth-order valence-corrected chi connectivity index (χ4v) is 2.50. The molecule has 1 aromatic carbocycles. The van der Waals surface area contributed by atoms with Crippen molar-refractivity contribution in [2.24, 2.45) is 11.7 Å². The lowest BCUT2D eigenvalue weighted by atomic mass is 10.0. The Hall–Kier alpha value is -1.07. The normalized spacial score (nSPS) is 12.3. The number of benzene rings is 1. The molecule has 0 aliphatic carbocycles. The molecule has 0 heterocycles. The molecule has 1 aromatic rings. The first-order valence-electron chi connectivity index (χ1n) is 6.68. The van der Waals surface area contributed by atoms with Crippen LogP contribution in [0.25, 0.3) is 0 Å². The zero-order valence-electron chi connectivity index (χ0n) is 12.5. The zero-order valence-corrected chi connectivity index (χ0v) is 14.1. The molecule has 1 amide bonds. The van der Waals surface area contributed by atoms with E-state index in [1.807, 2.05) is 18.2 Å². The molecular formula is C15H23BrN2O2. The van der Waals surface area contributed by atoms with Crippen LogP contribution in [-0.2, 0) is 11.3 Å². The number of nitrogens with two attached hydrogens (primary N) is 1. The van der Waals surface area contributed by atoms with Crippen LogP contribution in [0.3, 0.4) is 0 Å². The van der Waals surface area contributed by atoms with Crippen LogP contribution in [-0.4, -0.2) is 31.0 Å². The Kier molecular flexibility index (Phi) is 6.49. The van der Waals surface area contributed by atoms with Gasteiger partial charge in [0, 0.05) is 23.6 Å². The van der Waals surface area contributed by atoms with Crippen molar-refractivity contribution in [3.63, 3.8) is 0 Å². The van der Waals surface area contributed by atoms with Crippen LogP contribution in [0.15, 0.2) is 22.7 Å². The van der Waals surface area contributed by atoms with Gasteiger partial charge < -0.3 is 15.4 Å². The Morgan fingerprint density at radius 3 is 2.65 bits per heavy atom. The van der Waals surface area contributed by atoms with E-state index in [0.29, 0.717) is 18.9 Å². The van der Waals surface area contributed by atoms with Gasteiger partial charge in [-0.1, -0.05) is 29.8 Å². The molecule has 0 saturated carbocycles. The largest absolute Gasteiger partial charge is 0.496 e. The molecule has 0 fully saturated rings. The van der Waals surface area contributed by atoms with Gasteiger partial charge in [0.2, 0.25) is 5.91 Å². The highest BCUT2D eigenvalue weighted by Crippen LogP contribution is 2.24. The van der Waals surface area contributed by atoms with Gasteiger partial charge in [0.25, 0.3) is 0 Å². The number of hydrogen-bond acceptors (Lipinski definition) is 3. The van der Waals surface area contributed by atoms with Crippen LogP contribution in [0, 0.1) is 5.92 Å².